The minimum absolute atomic E-state index is 0.0294. The molecule has 2 fully saturated rings. The van der Waals surface area contributed by atoms with Crippen LogP contribution in [-0.2, 0) is 19.1 Å². The highest BCUT2D eigenvalue weighted by atomic mass is 16.5. The Morgan fingerprint density at radius 1 is 1.03 bits per heavy atom. The summed E-state index contributed by atoms with van der Waals surface area (Å²) in [6, 6.07) is 16.3. The molecule has 1 heterocycles. The van der Waals surface area contributed by atoms with Crippen LogP contribution in [-0.4, -0.2) is 67.4 Å². The van der Waals surface area contributed by atoms with Gasteiger partial charge in [0.2, 0.25) is 5.91 Å². The fraction of sp³-hybridized carbons (Fsp3) is 0.423. The van der Waals surface area contributed by atoms with E-state index in [0.29, 0.717) is 12.8 Å². The number of carbonyl (C=O) groups excluding carboxylic acids is 2. The minimum Gasteiger partial charge on any atom is -0.481 e. The maximum Gasteiger partial charge on any atom is 0.407 e. The highest BCUT2D eigenvalue weighted by Crippen LogP contribution is 2.48. The maximum absolute atomic E-state index is 13.1. The molecule has 1 saturated carbocycles. The number of hydrogen-bond donors (Lipinski definition) is 2. The normalized spacial score (nSPS) is 22.1. The number of carboxylic acids is 1. The molecule has 34 heavy (non-hydrogen) atoms. The van der Waals surface area contributed by atoms with Crippen LogP contribution in [0.2, 0.25) is 0 Å². The number of rotatable bonds is 7. The first-order chi connectivity index (χ1) is 16.4. The minimum atomic E-state index is -0.969. The van der Waals surface area contributed by atoms with Crippen LogP contribution in [0.3, 0.4) is 0 Å². The van der Waals surface area contributed by atoms with Crippen LogP contribution in [0.4, 0.5) is 4.79 Å². The molecule has 2 aromatic carbocycles. The monoisotopic (exact) mass is 464 g/mol. The standard InChI is InChI=1S/C26H28N2O6/c1-33-22-13-28(12-20(22)23(29)30)24(31)26(10-11-26)15-27-25(32)34-14-21-18-8-4-2-6-16(18)17-7-3-5-9-19(17)21/h2-9,20-22H,10-15H2,1H3,(H,27,32)(H,29,30). The summed E-state index contributed by atoms with van der Waals surface area (Å²) in [6.45, 7) is 0.759. The topological polar surface area (TPSA) is 105 Å². The lowest BCUT2D eigenvalue weighted by molar-refractivity contribution is -0.144. The van der Waals surface area contributed by atoms with Crippen molar-refractivity contribution in [1.29, 1.82) is 0 Å². The Morgan fingerprint density at radius 3 is 2.18 bits per heavy atom. The third-order valence-electron chi connectivity index (χ3n) is 7.40. The van der Waals surface area contributed by atoms with Crippen LogP contribution in [0.1, 0.15) is 29.9 Å². The number of fused-ring (bicyclic) bond motifs is 3. The first-order valence-corrected chi connectivity index (χ1v) is 11.6. The van der Waals surface area contributed by atoms with Crippen LogP contribution in [0, 0.1) is 11.3 Å². The molecule has 2 unspecified atom stereocenters. The van der Waals surface area contributed by atoms with Gasteiger partial charge < -0.3 is 24.8 Å². The number of alkyl carbamates (subject to hydrolysis) is 1. The zero-order valence-electron chi connectivity index (χ0n) is 19.0. The third kappa shape index (κ3) is 3.92. The van der Waals surface area contributed by atoms with E-state index in [4.69, 9.17) is 9.47 Å². The summed E-state index contributed by atoms with van der Waals surface area (Å²) in [4.78, 5) is 38.6. The number of nitrogens with one attached hydrogen (secondary N) is 1. The molecule has 2 aromatic rings. The lowest BCUT2D eigenvalue weighted by Crippen LogP contribution is -2.42. The highest BCUT2D eigenvalue weighted by molar-refractivity contribution is 5.87. The predicted octanol–water partition coefficient (Wildman–Crippen LogP) is 2.86. The van der Waals surface area contributed by atoms with Crippen LogP contribution in [0.15, 0.2) is 48.5 Å². The predicted molar refractivity (Wildman–Crippen MR) is 123 cm³/mol. The summed E-state index contributed by atoms with van der Waals surface area (Å²) in [5.74, 6) is -1.86. The van der Waals surface area contributed by atoms with E-state index in [9.17, 15) is 19.5 Å². The zero-order valence-corrected chi connectivity index (χ0v) is 19.0. The van der Waals surface area contributed by atoms with Gasteiger partial charge in [-0.25, -0.2) is 4.79 Å². The van der Waals surface area contributed by atoms with Crippen LogP contribution >= 0.6 is 0 Å². The van der Waals surface area contributed by atoms with E-state index >= 15 is 0 Å². The first kappa shape index (κ1) is 22.4. The van der Waals surface area contributed by atoms with Gasteiger partial charge in [0.25, 0.3) is 0 Å². The molecule has 8 nitrogen and oxygen atoms in total. The largest absolute Gasteiger partial charge is 0.481 e. The number of carbonyl (C=O) groups is 3. The van der Waals surface area contributed by atoms with E-state index in [2.05, 4.69) is 29.6 Å². The zero-order chi connectivity index (χ0) is 23.9. The molecule has 2 atom stereocenters. The van der Waals surface area contributed by atoms with Crippen LogP contribution < -0.4 is 5.32 Å². The summed E-state index contributed by atoms with van der Waals surface area (Å²) in [5, 5.41) is 12.2. The van der Waals surface area contributed by atoms with E-state index < -0.39 is 29.5 Å². The molecule has 178 valence electrons. The van der Waals surface area contributed by atoms with E-state index in [1.165, 1.54) is 7.11 Å². The molecule has 2 amide bonds. The Kier molecular flexibility index (Phi) is 5.77. The van der Waals surface area contributed by atoms with Crippen LogP contribution in [0.5, 0.6) is 0 Å². The lowest BCUT2D eigenvalue weighted by Gasteiger charge is -2.23. The Morgan fingerprint density at radius 2 is 1.65 bits per heavy atom. The Hall–Kier alpha value is -3.39. The molecule has 8 heteroatoms. The van der Waals surface area contributed by atoms with Crippen molar-refractivity contribution in [2.45, 2.75) is 24.9 Å². The number of nitrogens with zero attached hydrogens (tertiary/aromatic N) is 1. The number of amides is 2. The molecule has 5 rings (SSSR count). The second-order valence-corrected chi connectivity index (χ2v) is 9.39. The Bertz CT molecular complexity index is 1080. The number of hydrogen-bond acceptors (Lipinski definition) is 5. The molecule has 1 saturated heterocycles. The molecule has 1 aliphatic heterocycles. The summed E-state index contributed by atoms with van der Waals surface area (Å²) in [5.41, 5.74) is 3.92. The third-order valence-corrected chi connectivity index (χ3v) is 7.40. The lowest BCUT2D eigenvalue weighted by atomic mass is 9.98. The fourth-order valence-electron chi connectivity index (χ4n) is 5.26. The van der Waals surface area contributed by atoms with Crippen LogP contribution in [0.25, 0.3) is 11.1 Å². The number of carboxylic acid groups (broad SMARTS) is 1. The maximum atomic E-state index is 13.1. The number of likely N-dealkylation sites (tertiary alicyclic amines) is 1. The van der Waals surface area contributed by atoms with Gasteiger partial charge in [-0.3, -0.25) is 9.59 Å². The fourth-order valence-corrected chi connectivity index (χ4v) is 5.26. The highest BCUT2D eigenvalue weighted by Gasteiger charge is 2.54. The second-order valence-electron chi connectivity index (χ2n) is 9.39. The van der Waals surface area contributed by atoms with Gasteiger partial charge in [-0.2, -0.15) is 0 Å². The summed E-state index contributed by atoms with van der Waals surface area (Å²) < 4.78 is 10.8. The summed E-state index contributed by atoms with van der Waals surface area (Å²) in [7, 11) is 1.46. The van der Waals surface area contributed by atoms with Gasteiger partial charge >= 0.3 is 12.1 Å². The smallest absolute Gasteiger partial charge is 0.407 e. The SMILES string of the molecule is COC1CN(C(=O)C2(CNC(=O)OCC3c4ccccc4-c4ccccc43)CC2)CC1C(=O)O. The van der Waals surface area contributed by atoms with Crippen molar-refractivity contribution in [3.8, 4) is 11.1 Å². The van der Waals surface area contributed by atoms with Gasteiger partial charge in [0.05, 0.1) is 11.5 Å². The molecule has 3 aliphatic rings. The van der Waals surface area contributed by atoms with Crippen molar-refractivity contribution in [1.82, 2.24) is 10.2 Å². The first-order valence-electron chi connectivity index (χ1n) is 11.6. The van der Waals surface area contributed by atoms with Crippen molar-refractivity contribution in [3.63, 3.8) is 0 Å². The molecule has 0 bridgehead atoms. The van der Waals surface area contributed by atoms with Crippen molar-refractivity contribution < 1.29 is 29.0 Å². The summed E-state index contributed by atoms with van der Waals surface area (Å²) in [6.07, 6.45) is 0.232. The van der Waals surface area contributed by atoms with Gasteiger partial charge in [-0.15, -0.1) is 0 Å². The van der Waals surface area contributed by atoms with Gasteiger partial charge in [-0.1, -0.05) is 48.5 Å². The quantitative estimate of drug-likeness (QED) is 0.653. The molecule has 2 N–H and O–H groups in total. The number of methoxy groups -OCH3 is 1. The van der Waals surface area contributed by atoms with Gasteiger partial charge in [0.15, 0.2) is 0 Å². The van der Waals surface area contributed by atoms with E-state index in [-0.39, 0.29) is 38.1 Å². The Labute approximate surface area is 197 Å². The van der Waals surface area contributed by atoms with Crippen molar-refractivity contribution in [2.24, 2.45) is 11.3 Å². The average Bonchev–Trinajstić information content (AvgIpc) is 3.40. The van der Waals surface area contributed by atoms with Gasteiger partial charge in [0.1, 0.15) is 12.5 Å². The van der Waals surface area contributed by atoms with E-state index in [0.717, 1.165) is 22.3 Å². The van der Waals surface area contributed by atoms with E-state index in [1.807, 2.05) is 24.3 Å². The van der Waals surface area contributed by atoms with Gasteiger partial charge in [-0.05, 0) is 35.1 Å². The molecule has 0 aromatic heterocycles. The molecular formula is C26H28N2O6. The second kappa shape index (κ2) is 8.76. The average molecular weight is 465 g/mol. The molecular weight excluding hydrogens is 436 g/mol. The molecule has 0 spiro atoms. The number of benzene rings is 2. The molecule has 0 radical (unpaired) electrons. The summed E-state index contributed by atoms with van der Waals surface area (Å²) >= 11 is 0. The van der Waals surface area contributed by atoms with Crippen molar-refractivity contribution >= 4 is 18.0 Å². The number of ether oxygens (including phenoxy) is 2. The van der Waals surface area contributed by atoms with Crippen molar-refractivity contribution in [3.05, 3.63) is 59.7 Å². The van der Waals surface area contributed by atoms with E-state index in [1.54, 1.807) is 4.90 Å². The van der Waals surface area contributed by atoms with Gasteiger partial charge in [0, 0.05) is 32.7 Å². The van der Waals surface area contributed by atoms with Crippen molar-refractivity contribution in [2.75, 3.05) is 33.4 Å². The molecule has 2 aliphatic carbocycles. The Balaban J connectivity index is 1.17. The number of aliphatic carboxylic acids is 1.